The van der Waals surface area contributed by atoms with Gasteiger partial charge in [-0.2, -0.15) is 0 Å². The van der Waals surface area contributed by atoms with Crippen LogP contribution in [0.2, 0.25) is 0 Å². The summed E-state index contributed by atoms with van der Waals surface area (Å²) in [7, 11) is 0. The molecule has 0 aliphatic rings. The lowest BCUT2D eigenvalue weighted by Crippen LogP contribution is -2.48. The predicted octanol–water partition coefficient (Wildman–Crippen LogP) is 2.83. The third kappa shape index (κ3) is 2.71. The van der Waals surface area contributed by atoms with Gasteiger partial charge < -0.3 is 15.5 Å². The van der Waals surface area contributed by atoms with Crippen molar-refractivity contribution in [2.24, 2.45) is 0 Å². The number of fused-ring (bicyclic) bond motifs is 3. The molecule has 0 amide bonds. The fraction of sp³-hybridized carbons (Fsp3) is 0.263. The number of nitrogens with one attached hydrogen (secondary N) is 1. The van der Waals surface area contributed by atoms with Crippen molar-refractivity contribution in [1.29, 1.82) is 0 Å². The second-order valence-corrected chi connectivity index (χ2v) is 6.03. The van der Waals surface area contributed by atoms with Crippen molar-refractivity contribution in [3.63, 3.8) is 0 Å². The van der Waals surface area contributed by atoms with E-state index < -0.39 is 5.54 Å². The summed E-state index contributed by atoms with van der Waals surface area (Å²) in [5.74, 6) is 0. The van der Waals surface area contributed by atoms with Crippen LogP contribution in [0.15, 0.2) is 54.6 Å². The van der Waals surface area contributed by atoms with Gasteiger partial charge in [-0.05, 0) is 40.1 Å². The first-order valence-corrected chi connectivity index (χ1v) is 7.53. The van der Waals surface area contributed by atoms with Crippen molar-refractivity contribution in [1.82, 2.24) is 5.32 Å². The van der Waals surface area contributed by atoms with E-state index in [1.807, 2.05) is 19.1 Å². The van der Waals surface area contributed by atoms with E-state index in [1.54, 1.807) is 0 Å². The van der Waals surface area contributed by atoms with Crippen LogP contribution in [0.4, 0.5) is 0 Å². The molecule has 0 bridgehead atoms. The molecule has 0 atom stereocenters. The van der Waals surface area contributed by atoms with E-state index >= 15 is 0 Å². The van der Waals surface area contributed by atoms with Crippen molar-refractivity contribution in [2.45, 2.75) is 19.0 Å². The van der Waals surface area contributed by atoms with Gasteiger partial charge in [0, 0.05) is 6.54 Å². The summed E-state index contributed by atoms with van der Waals surface area (Å²) in [4.78, 5) is 0. The van der Waals surface area contributed by atoms with Crippen LogP contribution in [0.3, 0.4) is 0 Å². The minimum absolute atomic E-state index is 0.102. The first-order chi connectivity index (χ1) is 10.7. The molecule has 3 nitrogen and oxygen atoms in total. The molecule has 0 saturated heterocycles. The smallest absolute Gasteiger partial charge is 0.0633 e. The van der Waals surface area contributed by atoms with E-state index in [-0.39, 0.29) is 13.2 Å². The largest absolute Gasteiger partial charge is 0.394 e. The normalized spacial score (nSPS) is 12.1. The zero-order valence-electron chi connectivity index (χ0n) is 12.7. The topological polar surface area (TPSA) is 52.5 Å². The molecular formula is C19H21NO2. The van der Waals surface area contributed by atoms with Gasteiger partial charge in [-0.25, -0.2) is 0 Å². The number of benzene rings is 3. The number of aliphatic hydroxyl groups is 2. The van der Waals surface area contributed by atoms with Gasteiger partial charge in [0.2, 0.25) is 0 Å². The van der Waals surface area contributed by atoms with E-state index in [1.165, 1.54) is 27.1 Å². The number of aliphatic hydroxyl groups excluding tert-OH is 2. The molecule has 0 unspecified atom stereocenters. The lowest BCUT2D eigenvalue weighted by molar-refractivity contribution is 0.103. The Labute approximate surface area is 130 Å². The maximum absolute atomic E-state index is 9.43. The molecule has 3 N–H and O–H groups in total. The Morgan fingerprint density at radius 2 is 1.45 bits per heavy atom. The van der Waals surface area contributed by atoms with Crippen LogP contribution < -0.4 is 5.32 Å². The molecule has 22 heavy (non-hydrogen) atoms. The Kier molecular flexibility index (Phi) is 4.12. The first kappa shape index (κ1) is 15.0. The van der Waals surface area contributed by atoms with Crippen molar-refractivity contribution in [3.8, 4) is 0 Å². The second kappa shape index (κ2) is 6.05. The Hall–Kier alpha value is -1.94. The lowest BCUT2D eigenvalue weighted by atomic mass is 9.96. The standard InChI is InChI=1S/C19H21NO2/c1-19(12-21,13-22)20-11-15-10-14-6-2-3-7-16(14)18-9-5-4-8-17(15)18/h2-10,20-22H,11-13H2,1H3. The zero-order valence-corrected chi connectivity index (χ0v) is 12.7. The summed E-state index contributed by atoms with van der Waals surface area (Å²) in [5.41, 5.74) is 0.495. The molecule has 0 spiro atoms. The maximum Gasteiger partial charge on any atom is 0.0633 e. The predicted molar refractivity (Wildman–Crippen MR) is 90.9 cm³/mol. The van der Waals surface area contributed by atoms with Crippen molar-refractivity contribution >= 4 is 21.5 Å². The molecule has 0 aliphatic carbocycles. The third-order valence-electron chi connectivity index (χ3n) is 4.26. The average Bonchev–Trinajstić information content (AvgIpc) is 2.59. The summed E-state index contributed by atoms with van der Waals surface area (Å²) in [6.45, 7) is 2.21. The molecule has 3 aromatic rings. The molecule has 0 saturated carbocycles. The molecule has 0 aliphatic heterocycles. The molecule has 0 heterocycles. The van der Waals surface area contributed by atoms with Gasteiger partial charge in [0.05, 0.1) is 18.8 Å². The van der Waals surface area contributed by atoms with Gasteiger partial charge in [-0.1, -0.05) is 48.5 Å². The highest BCUT2D eigenvalue weighted by molar-refractivity contribution is 6.08. The SMILES string of the molecule is CC(CO)(CO)NCc1cc2ccccc2c2ccccc12. The summed E-state index contributed by atoms with van der Waals surface area (Å²) >= 11 is 0. The van der Waals surface area contributed by atoms with Gasteiger partial charge in [0.25, 0.3) is 0 Å². The number of hydrogen-bond acceptors (Lipinski definition) is 3. The van der Waals surface area contributed by atoms with Crippen molar-refractivity contribution in [2.75, 3.05) is 13.2 Å². The molecule has 0 fully saturated rings. The maximum atomic E-state index is 9.43. The molecule has 0 radical (unpaired) electrons. The zero-order chi connectivity index (χ0) is 15.6. The Morgan fingerprint density at radius 3 is 2.14 bits per heavy atom. The second-order valence-electron chi connectivity index (χ2n) is 6.03. The Balaban J connectivity index is 2.08. The monoisotopic (exact) mass is 295 g/mol. The molecule has 3 heteroatoms. The van der Waals surface area contributed by atoms with Crippen LogP contribution in [0.1, 0.15) is 12.5 Å². The molecule has 3 rings (SSSR count). The minimum atomic E-state index is -0.674. The molecule has 114 valence electrons. The highest BCUT2D eigenvalue weighted by Crippen LogP contribution is 2.28. The van der Waals surface area contributed by atoms with E-state index in [0.717, 1.165) is 0 Å². The van der Waals surface area contributed by atoms with E-state index in [2.05, 4.69) is 47.8 Å². The highest BCUT2D eigenvalue weighted by atomic mass is 16.3. The fourth-order valence-corrected chi connectivity index (χ4v) is 2.75. The summed E-state index contributed by atoms with van der Waals surface area (Å²) < 4.78 is 0. The quantitative estimate of drug-likeness (QED) is 0.634. The van der Waals surface area contributed by atoms with Crippen molar-refractivity contribution < 1.29 is 10.2 Å². The fourth-order valence-electron chi connectivity index (χ4n) is 2.75. The molecule has 3 aromatic carbocycles. The molecule has 0 aromatic heterocycles. The van der Waals surface area contributed by atoms with Crippen LogP contribution in [0, 0.1) is 0 Å². The number of rotatable bonds is 5. The Bertz CT molecular complexity index is 794. The lowest BCUT2D eigenvalue weighted by Gasteiger charge is -2.26. The first-order valence-electron chi connectivity index (χ1n) is 7.53. The minimum Gasteiger partial charge on any atom is -0.394 e. The van der Waals surface area contributed by atoms with Gasteiger partial charge in [-0.3, -0.25) is 0 Å². The van der Waals surface area contributed by atoms with Crippen LogP contribution in [0.25, 0.3) is 21.5 Å². The van der Waals surface area contributed by atoms with Crippen LogP contribution in [0.5, 0.6) is 0 Å². The van der Waals surface area contributed by atoms with Crippen LogP contribution >= 0.6 is 0 Å². The van der Waals surface area contributed by atoms with Gasteiger partial charge in [0.1, 0.15) is 0 Å². The van der Waals surface area contributed by atoms with E-state index in [9.17, 15) is 10.2 Å². The van der Waals surface area contributed by atoms with Gasteiger partial charge in [-0.15, -0.1) is 0 Å². The number of hydrogen-bond donors (Lipinski definition) is 3. The average molecular weight is 295 g/mol. The Morgan fingerprint density at radius 1 is 0.864 bits per heavy atom. The van der Waals surface area contributed by atoms with Crippen molar-refractivity contribution in [3.05, 3.63) is 60.2 Å². The van der Waals surface area contributed by atoms with Gasteiger partial charge >= 0.3 is 0 Å². The van der Waals surface area contributed by atoms with E-state index in [0.29, 0.717) is 6.54 Å². The van der Waals surface area contributed by atoms with E-state index in [4.69, 9.17) is 0 Å². The van der Waals surface area contributed by atoms with Crippen LogP contribution in [-0.2, 0) is 6.54 Å². The van der Waals surface area contributed by atoms with Crippen LogP contribution in [-0.4, -0.2) is 29.0 Å². The summed E-state index contributed by atoms with van der Waals surface area (Å²) in [6.07, 6.45) is 0. The summed E-state index contributed by atoms with van der Waals surface area (Å²) in [5, 5.41) is 27.0. The molecular weight excluding hydrogens is 274 g/mol. The van der Waals surface area contributed by atoms with Gasteiger partial charge in [0.15, 0.2) is 0 Å². The third-order valence-corrected chi connectivity index (χ3v) is 4.26. The highest BCUT2D eigenvalue weighted by Gasteiger charge is 2.21. The summed E-state index contributed by atoms with van der Waals surface area (Å²) in [6, 6.07) is 18.9.